The van der Waals surface area contributed by atoms with Crippen LogP contribution in [0.25, 0.3) is 0 Å². The number of anilines is 2. The molecule has 1 aliphatic rings. The number of amides is 1. The molecule has 1 amide bonds. The first kappa shape index (κ1) is 19.3. The lowest BCUT2D eigenvalue weighted by Crippen LogP contribution is -2.33. The van der Waals surface area contributed by atoms with Crippen LogP contribution in [0.5, 0.6) is 5.75 Å². The number of piperidine rings is 1. The van der Waals surface area contributed by atoms with Crippen molar-refractivity contribution >= 4 is 17.3 Å². The molecule has 0 radical (unpaired) electrons. The molecule has 0 aromatic heterocycles. The zero-order valence-electron chi connectivity index (χ0n) is 16.6. The van der Waals surface area contributed by atoms with Gasteiger partial charge in [0.05, 0.1) is 18.0 Å². The molecule has 0 bridgehead atoms. The van der Waals surface area contributed by atoms with E-state index >= 15 is 0 Å². The highest BCUT2D eigenvalue weighted by atomic mass is 16.5. The van der Waals surface area contributed by atoms with Crippen molar-refractivity contribution in [1.29, 1.82) is 0 Å². The number of rotatable bonds is 6. The first-order chi connectivity index (χ1) is 13.0. The Labute approximate surface area is 162 Å². The van der Waals surface area contributed by atoms with Gasteiger partial charge in [0.25, 0.3) is 5.91 Å². The SMILES string of the molecule is CC(C)COc1ccc(C(=O)Nc2ccccc2N2CCC(C)CC2)cc1. The zero-order chi connectivity index (χ0) is 19.2. The number of carbonyl (C=O) groups is 1. The van der Waals surface area contributed by atoms with Crippen molar-refractivity contribution in [3.8, 4) is 5.75 Å². The second kappa shape index (κ2) is 8.94. The maximum absolute atomic E-state index is 12.7. The van der Waals surface area contributed by atoms with Crippen molar-refractivity contribution in [2.24, 2.45) is 11.8 Å². The van der Waals surface area contributed by atoms with Gasteiger partial charge in [0, 0.05) is 18.7 Å². The van der Waals surface area contributed by atoms with E-state index in [1.807, 2.05) is 42.5 Å². The van der Waals surface area contributed by atoms with E-state index < -0.39 is 0 Å². The van der Waals surface area contributed by atoms with Gasteiger partial charge in [0.15, 0.2) is 0 Å². The molecule has 0 spiro atoms. The first-order valence-corrected chi connectivity index (χ1v) is 9.91. The van der Waals surface area contributed by atoms with Gasteiger partial charge in [-0.15, -0.1) is 0 Å². The molecular weight excluding hydrogens is 336 g/mol. The van der Waals surface area contributed by atoms with Gasteiger partial charge in [-0.3, -0.25) is 4.79 Å². The Hall–Kier alpha value is -2.49. The summed E-state index contributed by atoms with van der Waals surface area (Å²) in [5, 5.41) is 3.08. The maximum atomic E-state index is 12.7. The van der Waals surface area contributed by atoms with Crippen LogP contribution >= 0.6 is 0 Å². The van der Waals surface area contributed by atoms with Gasteiger partial charge in [-0.1, -0.05) is 32.9 Å². The molecule has 0 saturated carbocycles. The van der Waals surface area contributed by atoms with Gasteiger partial charge < -0.3 is 15.0 Å². The molecule has 1 fully saturated rings. The summed E-state index contributed by atoms with van der Waals surface area (Å²) in [6.45, 7) is 9.28. The highest BCUT2D eigenvalue weighted by molar-refractivity contribution is 6.06. The second-order valence-corrected chi connectivity index (χ2v) is 7.87. The van der Waals surface area contributed by atoms with Gasteiger partial charge in [-0.25, -0.2) is 0 Å². The van der Waals surface area contributed by atoms with Gasteiger partial charge in [0.1, 0.15) is 5.75 Å². The Balaban J connectivity index is 1.67. The molecule has 0 aliphatic carbocycles. The molecule has 4 nitrogen and oxygen atoms in total. The summed E-state index contributed by atoms with van der Waals surface area (Å²) in [6.07, 6.45) is 2.39. The molecule has 144 valence electrons. The Morgan fingerprint density at radius 1 is 1.11 bits per heavy atom. The van der Waals surface area contributed by atoms with Crippen molar-refractivity contribution in [2.75, 3.05) is 29.9 Å². The molecule has 0 unspecified atom stereocenters. The minimum atomic E-state index is -0.0942. The molecule has 1 aliphatic heterocycles. The molecule has 2 aromatic carbocycles. The number of para-hydroxylation sites is 2. The van der Waals surface area contributed by atoms with Crippen LogP contribution in [0.1, 0.15) is 44.0 Å². The molecule has 1 N–H and O–H groups in total. The van der Waals surface area contributed by atoms with Crippen molar-refractivity contribution in [1.82, 2.24) is 0 Å². The summed E-state index contributed by atoms with van der Waals surface area (Å²) >= 11 is 0. The molecule has 2 aromatic rings. The van der Waals surface area contributed by atoms with Crippen LogP contribution in [-0.2, 0) is 0 Å². The molecule has 4 heteroatoms. The average Bonchev–Trinajstić information content (AvgIpc) is 2.68. The van der Waals surface area contributed by atoms with E-state index in [9.17, 15) is 4.79 Å². The second-order valence-electron chi connectivity index (χ2n) is 7.87. The van der Waals surface area contributed by atoms with Gasteiger partial charge in [-0.05, 0) is 61.1 Å². The lowest BCUT2D eigenvalue weighted by atomic mass is 9.98. The van der Waals surface area contributed by atoms with E-state index in [2.05, 4.69) is 37.1 Å². The smallest absolute Gasteiger partial charge is 0.255 e. The molecule has 1 saturated heterocycles. The summed E-state index contributed by atoms with van der Waals surface area (Å²) in [4.78, 5) is 15.1. The van der Waals surface area contributed by atoms with E-state index in [1.165, 1.54) is 12.8 Å². The quantitative estimate of drug-likeness (QED) is 0.763. The predicted octanol–water partition coefficient (Wildman–Crippen LogP) is 5.21. The first-order valence-electron chi connectivity index (χ1n) is 9.91. The highest BCUT2D eigenvalue weighted by Gasteiger charge is 2.19. The van der Waals surface area contributed by atoms with Crippen molar-refractivity contribution in [3.63, 3.8) is 0 Å². The fourth-order valence-corrected chi connectivity index (χ4v) is 3.26. The third-order valence-corrected chi connectivity index (χ3v) is 4.98. The van der Waals surface area contributed by atoms with Crippen LogP contribution in [0.4, 0.5) is 11.4 Å². The third kappa shape index (κ3) is 5.25. The normalized spacial score (nSPS) is 15.0. The number of ether oxygens (including phenoxy) is 1. The van der Waals surface area contributed by atoms with E-state index in [4.69, 9.17) is 4.74 Å². The minimum Gasteiger partial charge on any atom is -0.493 e. The Morgan fingerprint density at radius 3 is 2.44 bits per heavy atom. The van der Waals surface area contributed by atoms with E-state index in [-0.39, 0.29) is 5.91 Å². The number of nitrogens with one attached hydrogen (secondary N) is 1. The average molecular weight is 367 g/mol. The Morgan fingerprint density at radius 2 is 1.78 bits per heavy atom. The van der Waals surface area contributed by atoms with E-state index in [0.29, 0.717) is 18.1 Å². The molecule has 3 rings (SSSR count). The van der Waals surface area contributed by atoms with Crippen LogP contribution in [0.3, 0.4) is 0 Å². The van der Waals surface area contributed by atoms with E-state index in [0.717, 1.165) is 36.1 Å². The Bertz CT molecular complexity index is 747. The number of carbonyl (C=O) groups excluding carboxylic acids is 1. The summed E-state index contributed by atoms with van der Waals surface area (Å²) in [6, 6.07) is 15.4. The lowest BCUT2D eigenvalue weighted by Gasteiger charge is -2.33. The fraction of sp³-hybridized carbons (Fsp3) is 0.435. The monoisotopic (exact) mass is 366 g/mol. The van der Waals surface area contributed by atoms with Gasteiger partial charge in [0.2, 0.25) is 0 Å². The number of nitrogens with zero attached hydrogens (tertiary/aromatic N) is 1. The molecule has 27 heavy (non-hydrogen) atoms. The number of hydrogen-bond acceptors (Lipinski definition) is 3. The van der Waals surface area contributed by atoms with Crippen molar-refractivity contribution in [3.05, 3.63) is 54.1 Å². The molecule has 0 atom stereocenters. The van der Waals surface area contributed by atoms with E-state index in [1.54, 1.807) is 0 Å². The number of hydrogen-bond donors (Lipinski definition) is 1. The summed E-state index contributed by atoms with van der Waals surface area (Å²) in [5.41, 5.74) is 2.61. The van der Waals surface area contributed by atoms with Crippen LogP contribution in [0.2, 0.25) is 0 Å². The predicted molar refractivity (Wildman–Crippen MR) is 112 cm³/mol. The van der Waals surface area contributed by atoms with Crippen molar-refractivity contribution in [2.45, 2.75) is 33.6 Å². The zero-order valence-corrected chi connectivity index (χ0v) is 16.6. The van der Waals surface area contributed by atoms with Crippen LogP contribution in [0, 0.1) is 11.8 Å². The lowest BCUT2D eigenvalue weighted by molar-refractivity contribution is 0.102. The van der Waals surface area contributed by atoms with Crippen LogP contribution in [-0.4, -0.2) is 25.6 Å². The van der Waals surface area contributed by atoms with Crippen molar-refractivity contribution < 1.29 is 9.53 Å². The molecular formula is C23H30N2O2. The summed E-state index contributed by atoms with van der Waals surface area (Å²) in [5.74, 6) is 1.95. The highest BCUT2D eigenvalue weighted by Crippen LogP contribution is 2.30. The van der Waals surface area contributed by atoms with Gasteiger partial charge >= 0.3 is 0 Å². The van der Waals surface area contributed by atoms with Gasteiger partial charge in [-0.2, -0.15) is 0 Å². The summed E-state index contributed by atoms with van der Waals surface area (Å²) < 4.78 is 5.69. The Kier molecular flexibility index (Phi) is 6.38. The largest absolute Gasteiger partial charge is 0.493 e. The standard InChI is InChI=1S/C23H30N2O2/c1-17(2)16-27-20-10-8-19(9-11-20)23(26)24-21-6-4-5-7-22(21)25-14-12-18(3)13-15-25/h4-11,17-18H,12-16H2,1-3H3,(H,24,26). The van der Waals surface area contributed by atoms with Crippen LogP contribution < -0.4 is 15.0 Å². The topological polar surface area (TPSA) is 41.6 Å². The number of benzene rings is 2. The van der Waals surface area contributed by atoms with Crippen LogP contribution in [0.15, 0.2) is 48.5 Å². The minimum absolute atomic E-state index is 0.0942. The maximum Gasteiger partial charge on any atom is 0.255 e. The fourth-order valence-electron chi connectivity index (χ4n) is 3.26. The summed E-state index contributed by atoms with van der Waals surface area (Å²) in [7, 11) is 0. The third-order valence-electron chi connectivity index (χ3n) is 4.98. The molecule has 1 heterocycles.